The van der Waals surface area contributed by atoms with E-state index in [0.29, 0.717) is 6.42 Å². The van der Waals surface area contributed by atoms with E-state index in [0.717, 1.165) is 16.8 Å². The van der Waals surface area contributed by atoms with Crippen LogP contribution in [0.15, 0.2) is 53.6 Å². The second kappa shape index (κ2) is 4.72. The fourth-order valence-corrected chi connectivity index (χ4v) is 2.22. The number of rotatable bonds is 2. The average Bonchev–Trinajstić information content (AvgIpc) is 2.89. The highest BCUT2D eigenvalue weighted by Crippen LogP contribution is 2.27. The molecule has 1 aliphatic heterocycles. The molecule has 3 nitrogen and oxygen atoms in total. The molecule has 0 spiro atoms. The largest absolute Gasteiger partial charge is 0.507 e. The molecule has 2 aromatic rings. The molecule has 0 fully saturated rings. The van der Waals surface area contributed by atoms with Crippen molar-refractivity contribution in [1.29, 1.82) is 0 Å². The minimum Gasteiger partial charge on any atom is -0.507 e. The van der Waals surface area contributed by atoms with E-state index in [4.69, 9.17) is 0 Å². The van der Waals surface area contributed by atoms with Crippen molar-refractivity contribution in [2.45, 2.75) is 12.5 Å². The van der Waals surface area contributed by atoms with Crippen molar-refractivity contribution in [3.63, 3.8) is 0 Å². The third kappa shape index (κ3) is 2.29. The lowest BCUT2D eigenvalue weighted by Gasteiger charge is -2.10. The molecule has 1 atom stereocenters. The zero-order chi connectivity index (χ0) is 13.2. The zero-order valence-corrected chi connectivity index (χ0v) is 10.2. The van der Waals surface area contributed by atoms with E-state index in [1.807, 2.05) is 12.1 Å². The van der Waals surface area contributed by atoms with Gasteiger partial charge in [-0.15, -0.1) is 0 Å². The number of nitrogens with zero attached hydrogens (tertiary/aromatic N) is 1. The summed E-state index contributed by atoms with van der Waals surface area (Å²) in [6.45, 7) is 0. The normalized spacial score (nSPS) is 17.9. The van der Waals surface area contributed by atoms with Crippen LogP contribution >= 0.6 is 0 Å². The van der Waals surface area contributed by atoms with Crippen molar-refractivity contribution >= 4 is 5.71 Å². The molecule has 0 aliphatic carbocycles. The number of hydrogen-bond acceptors (Lipinski definition) is 3. The van der Waals surface area contributed by atoms with Gasteiger partial charge in [0.25, 0.3) is 0 Å². The highest BCUT2D eigenvalue weighted by molar-refractivity contribution is 6.03. The van der Waals surface area contributed by atoms with Gasteiger partial charge in [-0.05, 0) is 29.8 Å². The number of halogens is 1. The standard InChI is InChI=1S/C15H13FN2O/c16-11-7-5-10(6-8-11)13-9-14(18-17-13)12-3-1-2-4-15(12)19/h1-8,13,17,19H,9H2. The van der Waals surface area contributed by atoms with Crippen LogP contribution < -0.4 is 5.43 Å². The van der Waals surface area contributed by atoms with Crippen LogP contribution in [0.4, 0.5) is 4.39 Å². The minimum atomic E-state index is -0.247. The summed E-state index contributed by atoms with van der Waals surface area (Å²) in [5.41, 5.74) is 5.55. The van der Waals surface area contributed by atoms with Gasteiger partial charge in [-0.25, -0.2) is 4.39 Å². The number of phenols is 1. The van der Waals surface area contributed by atoms with Gasteiger partial charge in [0.1, 0.15) is 11.6 Å². The van der Waals surface area contributed by atoms with Crippen molar-refractivity contribution in [2.24, 2.45) is 5.10 Å². The minimum absolute atomic E-state index is 0.0233. The van der Waals surface area contributed by atoms with Crippen LogP contribution in [-0.2, 0) is 0 Å². The maximum atomic E-state index is 12.9. The van der Waals surface area contributed by atoms with Gasteiger partial charge in [-0.1, -0.05) is 24.3 Å². The number of para-hydroxylation sites is 1. The summed E-state index contributed by atoms with van der Waals surface area (Å²) >= 11 is 0. The monoisotopic (exact) mass is 256 g/mol. The molecule has 2 aromatic carbocycles. The third-order valence-electron chi connectivity index (χ3n) is 3.24. The third-order valence-corrected chi connectivity index (χ3v) is 3.24. The Kier molecular flexibility index (Phi) is 2.91. The van der Waals surface area contributed by atoms with Gasteiger partial charge in [-0.2, -0.15) is 5.10 Å². The number of benzene rings is 2. The van der Waals surface area contributed by atoms with Gasteiger partial charge in [0, 0.05) is 12.0 Å². The van der Waals surface area contributed by atoms with Crippen LogP contribution in [0.3, 0.4) is 0 Å². The van der Waals surface area contributed by atoms with Crippen molar-refractivity contribution < 1.29 is 9.50 Å². The summed E-state index contributed by atoms with van der Waals surface area (Å²) in [7, 11) is 0. The maximum absolute atomic E-state index is 12.9. The summed E-state index contributed by atoms with van der Waals surface area (Å²) in [5.74, 6) is -0.0219. The molecule has 1 unspecified atom stereocenters. The molecule has 0 bridgehead atoms. The molecule has 96 valence electrons. The van der Waals surface area contributed by atoms with Gasteiger partial charge in [0.2, 0.25) is 0 Å². The first-order valence-corrected chi connectivity index (χ1v) is 6.10. The lowest BCUT2D eigenvalue weighted by Crippen LogP contribution is -2.09. The van der Waals surface area contributed by atoms with E-state index in [1.54, 1.807) is 24.3 Å². The quantitative estimate of drug-likeness (QED) is 0.867. The Balaban J connectivity index is 1.80. The molecule has 0 aromatic heterocycles. The van der Waals surface area contributed by atoms with E-state index >= 15 is 0 Å². The van der Waals surface area contributed by atoms with E-state index in [1.165, 1.54) is 12.1 Å². The van der Waals surface area contributed by atoms with Crippen LogP contribution in [0.1, 0.15) is 23.6 Å². The molecule has 4 heteroatoms. The van der Waals surface area contributed by atoms with Gasteiger partial charge < -0.3 is 10.5 Å². The number of nitrogens with one attached hydrogen (secondary N) is 1. The molecular weight excluding hydrogens is 243 g/mol. The summed E-state index contributed by atoms with van der Waals surface area (Å²) < 4.78 is 12.9. The van der Waals surface area contributed by atoms with Crippen molar-refractivity contribution in [3.8, 4) is 5.75 Å². The fourth-order valence-electron chi connectivity index (χ4n) is 2.22. The molecule has 1 heterocycles. The van der Waals surface area contributed by atoms with E-state index in [2.05, 4.69) is 10.5 Å². The molecule has 0 saturated carbocycles. The second-order valence-corrected chi connectivity index (χ2v) is 4.51. The van der Waals surface area contributed by atoms with Gasteiger partial charge in [0.15, 0.2) is 0 Å². The summed E-state index contributed by atoms with van der Waals surface area (Å²) in [4.78, 5) is 0. The molecule has 0 radical (unpaired) electrons. The number of phenolic OH excluding ortho intramolecular Hbond substituents is 1. The molecule has 19 heavy (non-hydrogen) atoms. The lowest BCUT2D eigenvalue weighted by atomic mass is 9.99. The van der Waals surface area contributed by atoms with Crippen LogP contribution in [0.2, 0.25) is 0 Å². The van der Waals surface area contributed by atoms with Crippen LogP contribution in [-0.4, -0.2) is 10.8 Å². The van der Waals surface area contributed by atoms with E-state index < -0.39 is 0 Å². The predicted octanol–water partition coefficient (Wildman–Crippen LogP) is 2.97. The SMILES string of the molecule is Oc1ccccc1C1=NNC(c2ccc(F)cc2)C1. The average molecular weight is 256 g/mol. The first kappa shape index (κ1) is 11.7. The maximum Gasteiger partial charge on any atom is 0.124 e. The summed E-state index contributed by atoms with van der Waals surface area (Å²) in [6, 6.07) is 13.5. The molecule has 0 saturated heterocycles. The Hall–Kier alpha value is -2.36. The van der Waals surface area contributed by atoms with Gasteiger partial charge >= 0.3 is 0 Å². The Morgan fingerprint density at radius 2 is 1.84 bits per heavy atom. The van der Waals surface area contributed by atoms with E-state index in [9.17, 15) is 9.50 Å². The van der Waals surface area contributed by atoms with Gasteiger partial charge in [-0.3, -0.25) is 0 Å². The number of hydrogen-bond donors (Lipinski definition) is 2. The smallest absolute Gasteiger partial charge is 0.124 e. The van der Waals surface area contributed by atoms with Gasteiger partial charge in [0.05, 0.1) is 11.8 Å². The number of hydrazone groups is 1. The van der Waals surface area contributed by atoms with E-state index in [-0.39, 0.29) is 17.6 Å². The van der Waals surface area contributed by atoms with Crippen molar-refractivity contribution in [3.05, 3.63) is 65.5 Å². The van der Waals surface area contributed by atoms with Crippen molar-refractivity contribution in [2.75, 3.05) is 0 Å². The predicted molar refractivity (Wildman–Crippen MR) is 71.5 cm³/mol. The highest BCUT2D eigenvalue weighted by Gasteiger charge is 2.22. The van der Waals surface area contributed by atoms with Crippen LogP contribution in [0.25, 0.3) is 0 Å². The Morgan fingerprint density at radius 1 is 1.11 bits per heavy atom. The molecule has 3 rings (SSSR count). The molecule has 1 aliphatic rings. The topological polar surface area (TPSA) is 44.6 Å². The Morgan fingerprint density at radius 3 is 2.58 bits per heavy atom. The summed E-state index contributed by atoms with van der Waals surface area (Å²) in [5, 5.41) is 14.1. The molecular formula is C15H13FN2O. The lowest BCUT2D eigenvalue weighted by molar-refractivity contribution is 0.474. The first-order chi connectivity index (χ1) is 9.24. The molecule has 0 amide bonds. The van der Waals surface area contributed by atoms with Crippen LogP contribution in [0, 0.1) is 5.82 Å². The second-order valence-electron chi connectivity index (χ2n) is 4.51. The highest BCUT2D eigenvalue weighted by atomic mass is 19.1. The number of aromatic hydroxyl groups is 1. The zero-order valence-electron chi connectivity index (χ0n) is 10.2. The van der Waals surface area contributed by atoms with Crippen molar-refractivity contribution in [1.82, 2.24) is 5.43 Å². The Labute approximate surface area is 110 Å². The van der Waals surface area contributed by atoms with Crippen LogP contribution in [0.5, 0.6) is 5.75 Å². The molecule has 2 N–H and O–H groups in total. The summed E-state index contributed by atoms with van der Waals surface area (Å²) in [6.07, 6.45) is 0.670. The Bertz CT molecular complexity index is 622. The first-order valence-electron chi connectivity index (χ1n) is 6.10. The fraction of sp³-hybridized carbons (Fsp3) is 0.133.